The van der Waals surface area contributed by atoms with Crippen LogP contribution in [0.3, 0.4) is 0 Å². The summed E-state index contributed by atoms with van der Waals surface area (Å²) in [6.07, 6.45) is 4.92. The number of nitrogens with zero attached hydrogens (tertiary/aromatic N) is 2. The number of amides is 2. The minimum Gasteiger partial charge on any atom is -0.368 e. The average Bonchev–Trinajstić information content (AvgIpc) is 3.13. The highest BCUT2D eigenvalue weighted by molar-refractivity contribution is 9.10. The van der Waals surface area contributed by atoms with Gasteiger partial charge in [0, 0.05) is 17.5 Å². The van der Waals surface area contributed by atoms with E-state index in [2.05, 4.69) is 26.3 Å². The number of rotatable bonds is 5. The molecule has 6 nitrogen and oxygen atoms in total. The summed E-state index contributed by atoms with van der Waals surface area (Å²) >= 11 is 3.37. The molecule has 1 aromatic carbocycles. The smallest absolute Gasteiger partial charge is 0.251 e. The van der Waals surface area contributed by atoms with Gasteiger partial charge in [0.2, 0.25) is 5.91 Å². The van der Waals surface area contributed by atoms with Gasteiger partial charge in [0.05, 0.1) is 5.52 Å². The summed E-state index contributed by atoms with van der Waals surface area (Å²) < 4.78 is 2.13. The lowest BCUT2D eigenvalue weighted by atomic mass is 10.1. The van der Waals surface area contributed by atoms with Crippen molar-refractivity contribution in [3.05, 3.63) is 28.4 Å². The Bertz CT molecular complexity index is 750. The Hall–Kier alpha value is -1.89. The number of carbonyl (C=O) groups excluding carboxylic acids is 2. The summed E-state index contributed by atoms with van der Waals surface area (Å²) in [5, 5.41) is 8.04. The summed E-state index contributed by atoms with van der Waals surface area (Å²) in [6.45, 7) is 0.744. The molecule has 2 amide bonds. The maximum Gasteiger partial charge on any atom is 0.251 e. The van der Waals surface area contributed by atoms with E-state index in [4.69, 9.17) is 5.73 Å². The summed E-state index contributed by atoms with van der Waals surface area (Å²) in [5.41, 5.74) is 6.58. The van der Waals surface area contributed by atoms with Crippen molar-refractivity contribution >= 4 is 38.6 Å². The SMILES string of the molecule is NC(=O)Cn1nc(Br)c2cc(C(=O)NCC3CCCC3)ccc21. The number of carbonyl (C=O) groups is 2. The van der Waals surface area contributed by atoms with Crippen LogP contribution in [0.1, 0.15) is 36.0 Å². The van der Waals surface area contributed by atoms with Gasteiger partial charge in [-0.25, -0.2) is 0 Å². The van der Waals surface area contributed by atoms with Crippen LogP contribution in [0.4, 0.5) is 0 Å². The van der Waals surface area contributed by atoms with Crippen LogP contribution < -0.4 is 11.1 Å². The molecule has 3 N–H and O–H groups in total. The van der Waals surface area contributed by atoms with Crippen LogP contribution >= 0.6 is 15.9 Å². The normalized spacial score (nSPS) is 15.2. The van der Waals surface area contributed by atoms with Gasteiger partial charge in [-0.2, -0.15) is 5.10 Å². The minimum absolute atomic E-state index is 0.00925. The van der Waals surface area contributed by atoms with Crippen LogP contribution in [0.25, 0.3) is 10.9 Å². The van der Waals surface area contributed by atoms with Crippen molar-refractivity contribution in [3.8, 4) is 0 Å². The molecule has 1 aromatic heterocycles. The van der Waals surface area contributed by atoms with Crippen molar-refractivity contribution < 1.29 is 9.59 Å². The molecule has 0 atom stereocenters. The predicted molar refractivity (Wildman–Crippen MR) is 90.9 cm³/mol. The number of primary amides is 1. The number of nitrogens with two attached hydrogens (primary N) is 1. The number of nitrogens with one attached hydrogen (secondary N) is 1. The van der Waals surface area contributed by atoms with Gasteiger partial charge in [0.1, 0.15) is 11.1 Å². The summed E-state index contributed by atoms with van der Waals surface area (Å²) in [7, 11) is 0. The lowest BCUT2D eigenvalue weighted by Crippen LogP contribution is -2.28. The highest BCUT2D eigenvalue weighted by atomic mass is 79.9. The van der Waals surface area contributed by atoms with Gasteiger partial charge in [0.15, 0.2) is 0 Å². The molecule has 0 radical (unpaired) electrons. The number of halogens is 1. The van der Waals surface area contributed by atoms with Crippen molar-refractivity contribution in [3.63, 3.8) is 0 Å². The summed E-state index contributed by atoms with van der Waals surface area (Å²) in [5.74, 6) is 0.0707. The monoisotopic (exact) mass is 378 g/mol. The van der Waals surface area contributed by atoms with E-state index in [0.717, 1.165) is 17.4 Å². The number of benzene rings is 1. The van der Waals surface area contributed by atoms with E-state index >= 15 is 0 Å². The Morgan fingerprint density at radius 3 is 2.78 bits per heavy atom. The zero-order valence-electron chi connectivity index (χ0n) is 12.7. The fourth-order valence-corrected chi connectivity index (χ4v) is 3.61. The number of hydrogen-bond donors (Lipinski definition) is 2. The van der Waals surface area contributed by atoms with Gasteiger partial charge in [0.25, 0.3) is 5.91 Å². The van der Waals surface area contributed by atoms with E-state index in [9.17, 15) is 9.59 Å². The van der Waals surface area contributed by atoms with Gasteiger partial charge in [-0.15, -0.1) is 0 Å². The van der Waals surface area contributed by atoms with E-state index in [1.807, 2.05) is 0 Å². The van der Waals surface area contributed by atoms with Crippen molar-refractivity contribution in [1.29, 1.82) is 0 Å². The van der Waals surface area contributed by atoms with E-state index < -0.39 is 5.91 Å². The molecule has 1 fully saturated rings. The Kier molecular flexibility index (Phi) is 4.66. The van der Waals surface area contributed by atoms with Crippen LogP contribution in [0, 0.1) is 5.92 Å². The topological polar surface area (TPSA) is 90.0 Å². The van der Waals surface area contributed by atoms with E-state index in [-0.39, 0.29) is 12.5 Å². The third kappa shape index (κ3) is 3.55. The Morgan fingerprint density at radius 1 is 1.35 bits per heavy atom. The first kappa shape index (κ1) is 16.0. The van der Waals surface area contributed by atoms with Crippen LogP contribution in [0.5, 0.6) is 0 Å². The first-order chi connectivity index (χ1) is 11.0. The summed E-state index contributed by atoms with van der Waals surface area (Å²) in [4.78, 5) is 23.4. The minimum atomic E-state index is -0.458. The van der Waals surface area contributed by atoms with Crippen LogP contribution in [-0.2, 0) is 11.3 Å². The molecule has 0 spiro atoms. The third-order valence-corrected chi connectivity index (χ3v) is 4.88. The van der Waals surface area contributed by atoms with Gasteiger partial charge in [-0.3, -0.25) is 14.3 Å². The molecule has 0 aliphatic heterocycles. The second kappa shape index (κ2) is 6.70. The molecular formula is C16H19BrN4O2. The molecule has 23 heavy (non-hydrogen) atoms. The third-order valence-electron chi connectivity index (χ3n) is 4.30. The molecule has 0 saturated heterocycles. The largest absolute Gasteiger partial charge is 0.368 e. The standard InChI is InChI=1S/C16H19BrN4O2/c17-15-12-7-11(16(23)19-8-10-3-1-2-4-10)5-6-13(12)21(20-15)9-14(18)22/h5-7,10H,1-4,8-9H2,(H2,18,22)(H,19,23). The van der Waals surface area contributed by atoms with E-state index in [1.165, 1.54) is 30.4 Å². The van der Waals surface area contributed by atoms with Crippen LogP contribution in [0.15, 0.2) is 22.8 Å². The van der Waals surface area contributed by atoms with Crippen molar-refractivity contribution in [2.75, 3.05) is 6.54 Å². The molecule has 1 saturated carbocycles. The molecule has 0 unspecified atom stereocenters. The molecule has 1 aliphatic rings. The molecular weight excluding hydrogens is 360 g/mol. The van der Waals surface area contributed by atoms with Crippen molar-refractivity contribution in [2.24, 2.45) is 11.7 Å². The zero-order chi connectivity index (χ0) is 16.4. The molecule has 7 heteroatoms. The van der Waals surface area contributed by atoms with E-state index in [0.29, 0.717) is 16.1 Å². The summed E-state index contributed by atoms with van der Waals surface area (Å²) in [6, 6.07) is 5.33. The fraction of sp³-hybridized carbons (Fsp3) is 0.438. The Morgan fingerprint density at radius 2 is 2.09 bits per heavy atom. The van der Waals surface area contributed by atoms with Crippen LogP contribution in [-0.4, -0.2) is 28.1 Å². The second-order valence-electron chi connectivity index (χ2n) is 6.01. The van der Waals surface area contributed by atoms with Crippen molar-refractivity contribution in [1.82, 2.24) is 15.1 Å². The Balaban J connectivity index is 1.77. The molecule has 2 aromatic rings. The first-order valence-corrected chi connectivity index (χ1v) is 8.56. The number of fused-ring (bicyclic) bond motifs is 1. The molecule has 0 bridgehead atoms. The average molecular weight is 379 g/mol. The molecule has 1 aliphatic carbocycles. The Labute approximate surface area is 142 Å². The van der Waals surface area contributed by atoms with Crippen molar-refractivity contribution in [2.45, 2.75) is 32.2 Å². The van der Waals surface area contributed by atoms with Gasteiger partial charge < -0.3 is 11.1 Å². The predicted octanol–water partition coefficient (Wildman–Crippen LogP) is 2.20. The number of hydrogen-bond acceptors (Lipinski definition) is 3. The first-order valence-electron chi connectivity index (χ1n) is 7.77. The van der Waals surface area contributed by atoms with E-state index in [1.54, 1.807) is 18.2 Å². The highest BCUT2D eigenvalue weighted by Gasteiger charge is 2.17. The maximum atomic E-state index is 12.3. The highest BCUT2D eigenvalue weighted by Crippen LogP contribution is 2.25. The number of aromatic nitrogens is 2. The van der Waals surface area contributed by atoms with Gasteiger partial charge in [-0.1, -0.05) is 12.8 Å². The lowest BCUT2D eigenvalue weighted by Gasteiger charge is -2.10. The van der Waals surface area contributed by atoms with Gasteiger partial charge in [-0.05, 0) is 52.9 Å². The second-order valence-corrected chi connectivity index (χ2v) is 6.76. The molecule has 122 valence electrons. The van der Waals surface area contributed by atoms with Crippen LogP contribution in [0.2, 0.25) is 0 Å². The molecule has 1 heterocycles. The lowest BCUT2D eigenvalue weighted by molar-refractivity contribution is -0.118. The fourth-order valence-electron chi connectivity index (χ4n) is 3.10. The zero-order valence-corrected chi connectivity index (χ0v) is 14.3. The maximum absolute atomic E-state index is 12.3. The molecule has 3 rings (SSSR count). The van der Waals surface area contributed by atoms with Gasteiger partial charge >= 0.3 is 0 Å². The quantitative estimate of drug-likeness (QED) is 0.835.